The van der Waals surface area contributed by atoms with Crippen LogP contribution in [-0.2, 0) is 4.74 Å². The van der Waals surface area contributed by atoms with Crippen LogP contribution in [0.4, 0.5) is 0 Å². The van der Waals surface area contributed by atoms with E-state index in [9.17, 15) is 5.11 Å². The van der Waals surface area contributed by atoms with E-state index in [1.807, 2.05) is 0 Å². The Morgan fingerprint density at radius 2 is 1.72 bits per heavy atom. The Labute approximate surface area is 113 Å². The van der Waals surface area contributed by atoms with Crippen LogP contribution in [0.5, 0.6) is 0 Å². The van der Waals surface area contributed by atoms with Gasteiger partial charge < -0.3 is 20.1 Å². The topological polar surface area (TPSA) is 44.7 Å². The maximum Gasteiger partial charge on any atom is 0.0897 e. The molecule has 0 aromatic heterocycles. The lowest BCUT2D eigenvalue weighted by Gasteiger charge is -2.24. The van der Waals surface area contributed by atoms with Gasteiger partial charge in [0.25, 0.3) is 0 Å². The van der Waals surface area contributed by atoms with Crippen molar-refractivity contribution in [3.8, 4) is 0 Å². The van der Waals surface area contributed by atoms with Crippen LogP contribution < -0.4 is 5.32 Å². The molecular formula is C14H32N2O2. The number of nitrogens with one attached hydrogen (secondary N) is 1. The second-order valence-electron chi connectivity index (χ2n) is 5.38. The molecule has 2 N–H and O–H groups in total. The SMILES string of the molecule is CCN(CC)CC(C)NCC(O)COCC(C)C. The first kappa shape index (κ1) is 17.8. The molecule has 0 radical (unpaired) electrons. The number of aliphatic hydroxyl groups is 1. The van der Waals surface area contributed by atoms with Gasteiger partial charge >= 0.3 is 0 Å². The number of aliphatic hydroxyl groups excluding tert-OH is 1. The van der Waals surface area contributed by atoms with Gasteiger partial charge in [-0.25, -0.2) is 0 Å². The molecule has 4 heteroatoms. The molecule has 0 saturated heterocycles. The van der Waals surface area contributed by atoms with E-state index in [2.05, 4.69) is 44.8 Å². The van der Waals surface area contributed by atoms with Gasteiger partial charge in [0.05, 0.1) is 12.7 Å². The Morgan fingerprint density at radius 1 is 1.11 bits per heavy atom. The largest absolute Gasteiger partial charge is 0.389 e. The van der Waals surface area contributed by atoms with E-state index in [1.165, 1.54) is 0 Å². The molecule has 0 aromatic carbocycles. The molecular weight excluding hydrogens is 228 g/mol. The monoisotopic (exact) mass is 260 g/mol. The fourth-order valence-electron chi connectivity index (χ4n) is 1.77. The Balaban J connectivity index is 3.61. The summed E-state index contributed by atoms with van der Waals surface area (Å²) >= 11 is 0. The highest BCUT2D eigenvalue weighted by Gasteiger charge is 2.10. The number of hydrogen-bond acceptors (Lipinski definition) is 4. The average molecular weight is 260 g/mol. The molecule has 0 heterocycles. The lowest BCUT2D eigenvalue weighted by atomic mass is 10.2. The highest BCUT2D eigenvalue weighted by atomic mass is 16.5. The van der Waals surface area contributed by atoms with Crippen molar-refractivity contribution in [2.24, 2.45) is 5.92 Å². The predicted molar refractivity (Wildman–Crippen MR) is 76.9 cm³/mol. The summed E-state index contributed by atoms with van der Waals surface area (Å²) in [6.07, 6.45) is -0.414. The van der Waals surface area contributed by atoms with Crippen molar-refractivity contribution in [2.45, 2.75) is 46.8 Å². The molecule has 0 aliphatic heterocycles. The van der Waals surface area contributed by atoms with Crippen molar-refractivity contribution < 1.29 is 9.84 Å². The molecule has 0 amide bonds. The predicted octanol–water partition coefficient (Wildman–Crippen LogP) is 1.34. The Morgan fingerprint density at radius 3 is 2.22 bits per heavy atom. The molecule has 18 heavy (non-hydrogen) atoms. The Hall–Kier alpha value is -0.160. The van der Waals surface area contributed by atoms with Gasteiger partial charge in [-0.15, -0.1) is 0 Å². The minimum atomic E-state index is -0.414. The highest BCUT2D eigenvalue weighted by Crippen LogP contribution is 1.95. The van der Waals surface area contributed by atoms with E-state index >= 15 is 0 Å². The van der Waals surface area contributed by atoms with Crippen LogP contribution in [-0.4, -0.2) is 61.5 Å². The molecule has 0 aromatic rings. The van der Waals surface area contributed by atoms with Crippen molar-refractivity contribution in [2.75, 3.05) is 39.4 Å². The molecule has 2 unspecified atom stereocenters. The van der Waals surface area contributed by atoms with Gasteiger partial charge in [-0.05, 0) is 25.9 Å². The van der Waals surface area contributed by atoms with Crippen LogP contribution in [0.2, 0.25) is 0 Å². The lowest BCUT2D eigenvalue weighted by Crippen LogP contribution is -2.42. The van der Waals surface area contributed by atoms with E-state index in [0.29, 0.717) is 31.7 Å². The van der Waals surface area contributed by atoms with Gasteiger partial charge in [-0.3, -0.25) is 0 Å². The quantitative estimate of drug-likeness (QED) is 0.588. The minimum Gasteiger partial charge on any atom is -0.389 e. The van der Waals surface area contributed by atoms with Gasteiger partial charge in [0.1, 0.15) is 0 Å². The van der Waals surface area contributed by atoms with Crippen molar-refractivity contribution >= 4 is 0 Å². The molecule has 0 aliphatic carbocycles. The zero-order valence-corrected chi connectivity index (χ0v) is 12.8. The summed E-state index contributed by atoms with van der Waals surface area (Å²) < 4.78 is 5.41. The summed E-state index contributed by atoms with van der Waals surface area (Å²) in [5.74, 6) is 0.520. The molecule has 0 bridgehead atoms. The minimum absolute atomic E-state index is 0.393. The van der Waals surface area contributed by atoms with E-state index in [1.54, 1.807) is 0 Å². The molecule has 0 fully saturated rings. The Bertz CT molecular complexity index is 185. The zero-order chi connectivity index (χ0) is 14.0. The third kappa shape index (κ3) is 9.83. The van der Waals surface area contributed by atoms with Gasteiger partial charge in [-0.1, -0.05) is 27.7 Å². The maximum atomic E-state index is 9.76. The fraction of sp³-hybridized carbons (Fsp3) is 1.00. The zero-order valence-electron chi connectivity index (χ0n) is 12.8. The maximum absolute atomic E-state index is 9.76. The number of likely N-dealkylation sites (N-methyl/N-ethyl adjacent to an activating group) is 1. The molecule has 0 spiro atoms. The Kier molecular flexibility index (Phi) is 10.6. The molecule has 2 atom stereocenters. The smallest absolute Gasteiger partial charge is 0.0897 e. The number of ether oxygens (including phenoxy) is 1. The van der Waals surface area contributed by atoms with Crippen molar-refractivity contribution in [3.05, 3.63) is 0 Å². The van der Waals surface area contributed by atoms with Crippen LogP contribution in [0.15, 0.2) is 0 Å². The molecule has 0 aliphatic rings. The van der Waals surface area contributed by atoms with Crippen LogP contribution in [0.1, 0.15) is 34.6 Å². The first-order valence-corrected chi connectivity index (χ1v) is 7.21. The first-order chi connectivity index (χ1) is 8.49. The summed E-state index contributed by atoms with van der Waals surface area (Å²) in [4.78, 5) is 2.37. The van der Waals surface area contributed by atoms with Crippen LogP contribution in [0.25, 0.3) is 0 Å². The van der Waals surface area contributed by atoms with Crippen LogP contribution in [0.3, 0.4) is 0 Å². The molecule has 4 nitrogen and oxygen atoms in total. The average Bonchev–Trinajstić information content (AvgIpc) is 2.33. The van der Waals surface area contributed by atoms with E-state index in [4.69, 9.17) is 4.74 Å². The third-order valence-electron chi connectivity index (χ3n) is 2.89. The van der Waals surface area contributed by atoms with Crippen molar-refractivity contribution in [1.82, 2.24) is 10.2 Å². The lowest BCUT2D eigenvalue weighted by molar-refractivity contribution is 0.0247. The molecule has 0 rings (SSSR count). The summed E-state index contributed by atoms with van der Waals surface area (Å²) in [6.45, 7) is 15.6. The standard InChI is InChI=1S/C14H32N2O2/c1-6-16(7-2)9-13(5)15-8-14(17)11-18-10-12(3)4/h12-15,17H,6-11H2,1-5H3. The van der Waals surface area contributed by atoms with E-state index in [-0.39, 0.29) is 0 Å². The second kappa shape index (κ2) is 10.7. The normalized spacial score (nSPS) is 15.3. The summed E-state index contributed by atoms with van der Waals surface area (Å²) in [7, 11) is 0. The molecule has 0 saturated carbocycles. The first-order valence-electron chi connectivity index (χ1n) is 7.21. The fourth-order valence-corrected chi connectivity index (χ4v) is 1.77. The highest BCUT2D eigenvalue weighted by molar-refractivity contribution is 4.69. The summed E-state index contributed by atoms with van der Waals surface area (Å²) in [5.41, 5.74) is 0. The summed E-state index contributed by atoms with van der Waals surface area (Å²) in [6, 6.07) is 0.393. The van der Waals surface area contributed by atoms with Gasteiger partial charge in [0.15, 0.2) is 0 Å². The van der Waals surface area contributed by atoms with Gasteiger partial charge in [-0.2, -0.15) is 0 Å². The van der Waals surface area contributed by atoms with E-state index in [0.717, 1.165) is 19.6 Å². The van der Waals surface area contributed by atoms with Gasteiger partial charge in [0.2, 0.25) is 0 Å². The molecule has 110 valence electrons. The summed E-state index contributed by atoms with van der Waals surface area (Å²) in [5, 5.41) is 13.1. The third-order valence-corrected chi connectivity index (χ3v) is 2.89. The number of nitrogens with zero attached hydrogens (tertiary/aromatic N) is 1. The van der Waals surface area contributed by atoms with E-state index < -0.39 is 6.10 Å². The second-order valence-corrected chi connectivity index (χ2v) is 5.38. The van der Waals surface area contributed by atoms with Crippen LogP contribution >= 0.6 is 0 Å². The number of hydrogen-bond donors (Lipinski definition) is 2. The van der Waals surface area contributed by atoms with Crippen molar-refractivity contribution in [1.29, 1.82) is 0 Å². The van der Waals surface area contributed by atoms with Gasteiger partial charge in [0, 0.05) is 25.7 Å². The van der Waals surface area contributed by atoms with Crippen molar-refractivity contribution in [3.63, 3.8) is 0 Å². The number of rotatable bonds is 11. The van der Waals surface area contributed by atoms with Crippen LogP contribution in [0, 0.1) is 5.92 Å².